The minimum Gasteiger partial charge on any atom is -0.253 e. The van der Waals surface area contributed by atoms with Gasteiger partial charge in [-0.15, -0.1) is 0 Å². The van der Waals surface area contributed by atoms with E-state index in [0.717, 1.165) is 11.4 Å². The fourth-order valence-corrected chi connectivity index (χ4v) is 2.11. The minimum atomic E-state index is 1.05. The lowest BCUT2D eigenvalue weighted by atomic mass is 10.00. The van der Waals surface area contributed by atoms with Crippen molar-refractivity contribution in [1.82, 2.24) is 4.98 Å². The van der Waals surface area contributed by atoms with Gasteiger partial charge in [-0.05, 0) is 68.2 Å². The quantitative estimate of drug-likeness (QED) is 0.745. The predicted molar refractivity (Wildman–Crippen MR) is 78.4 cm³/mol. The normalized spacial score (nSPS) is 11.7. The molecule has 0 saturated carbocycles. The third kappa shape index (κ3) is 2.67. The molecule has 0 unspecified atom stereocenters. The highest BCUT2D eigenvalue weighted by Gasteiger charge is 2.02. The van der Waals surface area contributed by atoms with Crippen LogP contribution < -0.4 is 0 Å². The van der Waals surface area contributed by atoms with E-state index in [1.807, 2.05) is 13.0 Å². The van der Waals surface area contributed by atoms with Gasteiger partial charge in [-0.25, -0.2) is 0 Å². The van der Waals surface area contributed by atoms with Crippen LogP contribution in [-0.2, 0) is 0 Å². The number of allylic oxidation sites excluding steroid dienone is 1. The zero-order valence-electron chi connectivity index (χ0n) is 11.5. The molecule has 0 saturated heterocycles. The Kier molecular flexibility index (Phi) is 3.61. The van der Waals surface area contributed by atoms with Gasteiger partial charge < -0.3 is 0 Å². The molecule has 1 nitrogen and oxygen atoms in total. The Labute approximate surface area is 109 Å². The van der Waals surface area contributed by atoms with E-state index in [1.54, 1.807) is 0 Å². The number of hydrogen-bond acceptors (Lipinski definition) is 1. The standard InChI is InChI=1S/C17H19N/c1-12-7-5-8-13(2)16(12)11-14(3)17-10-6-9-15(4)18-17/h5-11H,1-4H3/b14-11+. The highest BCUT2D eigenvalue weighted by Crippen LogP contribution is 2.21. The second kappa shape index (κ2) is 5.18. The van der Waals surface area contributed by atoms with Crippen LogP contribution in [0, 0.1) is 20.8 Å². The molecule has 0 spiro atoms. The average molecular weight is 237 g/mol. The first-order valence-corrected chi connectivity index (χ1v) is 6.26. The third-order valence-corrected chi connectivity index (χ3v) is 3.20. The van der Waals surface area contributed by atoms with Crippen LogP contribution >= 0.6 is 0 Å². The van der Waals surface area contributed by atoms with Gasteiger partial charge in [0.15, 0.2) is 0 Å². The Morgan fingerprint density at radius 1 is 0.944 bits per heavy atom. The minimum absolute atomic E-state index is 1.05. The van der Waals surface area contributed by atoms with E-state index in [9.17, 15) is 0 Å². The van der Waals surface area contributed by atoms with Crippen molar-refractivity contribution in [3.8, 4) is 0 Å². The van der Waals surface area contributed by atoms with Gasteiger partial charge in [-0.3, -0.25) is 4.98 Å². The van der Waals surface area contributed by atoms with Crippen molar-refractivity contribution in [3.63, 3.8) is 0 Å². The maximum absolute atomic E-state index is 4.56. The van der Waals surface area contributed by atoms with Crippen molar-refractivity contribution < 1.29 is 0 Å². The number of rotatable bonds is 2. The maximum Gasteiger partial charge on any atom is 0.0662 e. The van der Waals surface area contributed by atoms with E-state index in [2.05, 4.69) is 62.2 Å². The van der Waals surface area contributed by atoms with Crippen molar-refractivity contribution in [1.29, 1.82) is 0 Å². The van der Waals surface area contributed by atoms with Gasteiger partial charge in [0.25, 0.3) is 0 Å². The van der Waals surface area contributed by atoms with Gasteiger partial charge in [-0.2, -0.15) is 0 Å². The molecule has 0 amide bonds. The number of benzene rings is 1. The second-order valence-electron chi connectivity index (χ2n) is 4.80. The van der Waals surface area contributed by atoms with E-state index >= 15 is 0 Å². The van der Waals surface area contributed by atoms with Gasteiger partial charge in [0.2, 0.25) is 0 Å². The van der Waals surface area contributed by atoms with Crippen LogP contribution in [0.1, 0.15) is 35.0 Å². The Hall–Kier alpha value is -1.89. The SMILES string of the molecule is C/C(=C\c1c(C)cccc1C)c1cccc(C)n1. The van der Waals surface area contributed by atoms with Crippen molar-refractivity contribution in [3.05, 3.63) is 64.5 Å². The molecule has 2 rings (SSSR count). The number of aromatic nitrogens is 1. The van der Waals surface area contributed by atoms with Crippen LogP contribution in [0.15, 0.2) is 36.4 Å². The molecule has 0 aliphatic heterocycles. The summed E-state index contributed by atoms with van der Waals surface area (Å²) >= 11 is 0. The van der Waals surface area contributed by atoms with E-state index < -0.39 is 0 Å². The first kappa shape index (κ1) is 12.6. The van der Waals surface area contributed by atoms with E-state index in [0.29, 0.717) is 0 Å². The summed E-state index contributed by atoms with van der Waals surface area (Å²) in [6.45, 7) is 8.44. The monoisotopic (exact) mass is 237 g/mol. The molecule has 92 valence electrons. The molecule has 0 radical (unpaired) electrons. The summed E-state index contributed by atoms with van der Waals surface area (Å²) in [5.41, 5.74) is 7.23. The Morgan fingerprint density at radius 3 is 2.17 bits per heavy atom. The van der Waals surface area contributed by atoms with Crippen LogP contribution in [0.5, 0.6) is 0 Å². The number of nitrogens with zero attached hydrogens (tertiary/aromatic N) is 1. The zero-order chi connectivity index (χ0) is 13.1. The van der Waals surface area contributed by atoms with Crippen LogP contribution in [-0.4, -0.2) is 4.98 Å². The molecule has 1 heteroatoms. The molecule has 0 fully saturated rings. The summed E-state index contributed by atoms with van der Waals surface area (Å²) in [6.07, 6.45) is 2.23. The molecule has 0 atom stereocenters. The molecule has 0 aliphatic rings. The summed E-state index contributed by atoms with van der Waals surface area (Å²) in [5.74, 6) is 0. The topological polar surface area (TPSA) is 12.9 Å². The first-order valence-electron chi connectivity index (χ1n) is 6.26. The largest absolute Gasteiger partial charge is 0.253 e. The zero-order valence-corrected chi connectivity index (χ0v) is 11.5. The molecular formula is C17H19N. The van der Waals surface area contributed by atoms with Crippen LogP contribution in [0.4, 0.5) is 0 Å². The molecule has 0 aliphatic carbocycles. The van der Waals surface area contributed by atoms with Gasteiger partial charge >= 0.3 is 0 Å². The summed E-state index contributed by atoms with van der Waals surface area (Å²) in [6, 6.07) is 12.5. The van der Waals surface area contributed by atoms with Gasteiger partial charge in [0.05, 0.1) is 5.69 Å². The van der Waals surface area contributed by atoms with E-state index in [4.69, 9.17) is 0 Å². The lowest BCUT2D eigenvalue weighted by molar-refractivity contribution is 1.17. The first-order chi connectivity index (χ1) is 8.58. The lowest BCUT2D eigenvalue weighted by Gasteiger charge is -2.07. The molecule has 1 aromatic heterocycles. The van der Waals surface area contributed by atoms with Crippen molar-refractivity contribution >= 4 is 11.6 Å². The van der Waals surface area contributed by atoms with Crippen molar-refractivity contribution in [2.24, 2.45) is 0 Å². The summed E-state index contributed by atoms with van der Waals surface area (Å²) in [7, 11) is 0. The summed E-state index contributed by atoms with van der Waals surface area (Å²) in [5, 5.41) is 0. The smallest absolute Gasteiger partial charge is 0.0662 e. The van der Waals surface area contributed by atoms with Crippen LogP contribution in [0.25, 0.3) is 11.6 Å². The molecular weight excluding hydrogens is 218 g/mol. The Bertz CT molecular complexity index is 574. The van der Waals surface area contributed by atoms with Gasteiger partial charge in [-0.1, -0.05) is 24.3 Å². The fraction of sp³-hybridized carbons (Fsp3) is 0.235. The fourth-order valence-electron chi connectivity index (χ4n) is 2.11. The lowest BCUT2D eigenvalue weighted by Crippen LogP contribution is -1.90. The van der Waals surface area contributed by atoms with Gasteiger partial charge in [0.1, 0.15) is 0 Å². The Balaban J connectivity index is 2.45. The molecule has 0 bridgehead atoms. The number of aryl methyl sites for hydroxylation is 3. The van der Waals surface area contributed by atoms with E-state index in [-0.39, 0.29) is 0 Å². The van der Waals surface area contributed by atoms with Gasteiger partial charge in [0, 0.05) is 5.69 Å². The predicted octanol–water partition coefficient (Wildman–Crippen LogP) is 4.57. The Morgan fingerprint density at radius 2 is 1.56 bits per heavy atom. The second-order valence-corrected chi connectivity index (χ2v) is 4.80. The highest BCUT2D eigenvalue weighted by atomic mass is 14.7. The molecule has 18 heavy (non-hydrogen) atoms. The third-order valence-electron chi connectivity index (χ3n) is 3.20. The maximum atomic E-state index is 4.56. The number of hydrogen-bond donors (Lipinski definition) is 0. The van der Waals surface area contributed by atoms with Crippen LogP contribution in [0.2, 0.25) is 0 Å². The molecule has 0 N–H and O–H groups in total. The molecule has 1 aromatic carbocycles. The summed E-state index contributed by atoms with van der Waals surface area (Å²) in [4.78, 5) is 4.56. The number of pyridine rings is 1. The van der Waals surface area contributed by atoms with Crippen LogP contribution in [0.3, 0.4) is 0 Å². The molecule has 2 aromatic rings. The molecule has 1 heterocycles. The van der Waals surface area contributed by atoms with Crippen molar-refractivity contribution in [2.45, 2.75) is 27.7 Å². The average Bonchev–Trinajstić information content (AvgIpc) is 2.34. The summed E-state index contributed by atoms with van der Waals surface area (Å²) < 4.78 is 0. The van der Waals surface area contributed by atoms with Crippen molar-refractivity contribution in [2.75, 3.05) is 0 Å². The highest BCUT2D eigenvalue weighted by molar-refractivity contribution is 5.80. The van der Waals surface area contributed by atoms with E-state index in [1.165, 1.54) is 22.3 Å².